The molecule has 1 atom stereocenters. The number of hydrogen-bond acceptors (Lipinski definition) is 7. The smallest absolute Gasteiger partial charge is 0.338 e. The molecular weight excluding hydrogens is 460 g/mol. The fourth-order valence-corrected chi connectivity index (χ4v) is 4.22. The number of rotatable bonds is 7. The Morgan fingerprint density at radius 2 is 1.83 bits per heavy atom. The molecule has 1 saturated heterocycles. The van der Waals surface area contributed by atoms with Gasteiger partial charge in [-0.2, -0.15) is 0 Å². The zero-order valence-corrected chi connectivity index (χ0v) is 20.2. The minimum absolute atomic E-state index is 0.0323. The molecule has 2 heterocycles. The largest absolute Gasteiger partial charge is 0.507 e. The highest BCUT2D eigenvalue weighted by atomic mass is 16.5. The number of carbonyl (C=O) groups is 3. The Morgan fingerprint density at radius 3 is 2.44 bits per heavy atom. The van der Waals surface area contributed by atoms with Gasteiger partial charge in [0.25, 0.3) is 11.7 Å². The first kappa shape index (κ1) is 24.7. The number of benzene rings is 2. The second-order valence-electron chi connectivity index (χ2n) is 8.28. The monoisotopic (exact) mass is 486 g/mol. The van der Waals surface area contributed by atoms with Crippen LogP contribution in [0.3, 0.4) is 0 Å². The Balaban J connectivity index is 1.76. The Kier molecular flexibility index (Phi) is 7.15. The van der Waals surface area contributed by atoms with E-state index in [1.807, 2.05) is 0 Å². The molecule has 1 aliphatic rings. The molecule has 1 fully saturated rings. The van der Waals surface area contributed by atoms with Crippen LogP contribution in [0.5, 0.6) is 5.75 Å². The highest BCUT2D eigenvalue weighted by Crippen LogP contribution is 2.40. The van der Waals surface area contributed by atoms with E-state index in [1.54, 1.807) is 87.8 Å². The third-order valence-corrected chi connectivity index (χ3v) is 6.01. The number of pyridine rings is 1. The number of carbonyl (C=O) groups excluding carboxylic acids is 3. The number of aryl methyl sites for hydroxylation is 1. The van der Waals surface area contributed by atoms with Gasteiger partial charge in [-0.25, -0.2) is 4.79 Å². The molecular formula is C28H26N2O6. The van der Waals surface area contributed by atoms with Crippen LogP contribution in [0.15, 0.2) is 72.4 Å². The van der Waals surface area contributed by atoms with E-state index < -0.39 is 23.7 Å². The molecule has 2 aromatic carbocycles. The van der Waals surface area contributed by atoms with Crippen molar-refractivity contribution in [3.63, 3.8) is 0 Å². The molecule has 8 nitrogen and oxygen atoms in total. The lowest BCUT2D eigenvalue weighted by atomic mass is 9.96. The second-order valence-corrected chi connectivity index (χ2v) is 8.28. The summed E-state index contributed by atoms with van der Waals surface area (Å²) in [7, 11) is 1.54. The fraction of sp³-hybridized carbons (Fsp3) is 0.214. The molecule has 1 unspecified atom stereocenters. The molecule has 1 amide bonds. The van der Waals surface area contributed by atoms with E-state index in [4.69, 9.17) is 9.47 Å². The first-order valence-corrected chi connectivity index (χ1v) is 11.5. The zero-order chi connectivity index (χ0) is 25.8. The topological polar surface area (TPSA) is 106 Å². The number of Topliss-reactive ketones (excluding diaryl/α,β-unsaturated/α-hetero) is 1. The Bertz CT molecular complexity index is 1330. The number of ether oxygens (including phenoxy) is 2. The molecule has 8 heteroatoms. The molecule has 4 rings (SSSR count). The lowest BCUT2D eigenvalue weighted by Gasteiger charge is -2.24. The van der Waals surface area contributed by atoms with Gasteiger partial charge in [-0.3, -0.25) is 14.6 Å². The minimum atomic E-state index is -0.891. The summed E-state index contributed by atoms with van der Waals surface area (Å²) in [6.07, 6.45) is 1.57. The molecule has 1 aromatic heterocycles. The Labute approximate surface area is 208 Å². The van der Waals surface area contributed by atoms with Crippen molar-refractivity contribution in [3.05, 3.63) is 100 Å². The number of ketones is 1. The van der Waals surface area contributed by atoms with Crippen LogP contribution in [0, 0.1) is 6.92 Å². The van der Waals surface area contributed by atoms with Gasteiger partial charge in [0.05, 0.1) is 30.5 Å². The van der Waals surface area contributed by atoms with Crippen molar-refractivity contribution >= 4 is 23.4 Å². The molecule has 36 heavy (non-hydrogen) atoms. The highest BCUT2D eigenvalue weighted by Gasteiger charge is 2.46. The first-order chi connectivity index (χ1) is 17.3. The Morgan fingerprint density at radius 1 is 1.08 bits per heavy atom. The maximum Gasteiger partial charge on any atom is 0.338 e. The molecule has 0 radical (unpaired) electrons. The van der Waals surface area contributed by atoms with Crippen LogP contribution in [0.2, 0.25) is 0 Å². The lowest BCUT2D eigenvalue weighted by Crippen LogP contribution is -2.29. The summed E-state index contributed by atoms with van der Waals surface area (Å²) in [5.74, 6) is -1.64. The van der Waals surface area contributed by atoms with Crippen LogP contribution in [0.25, 0.3) is 5.76 Å². The van der Waals surface area contributed by atoms with Crippen LogP contribution < -0.4 is 4.74 Å². The summed E-state index contributed by atoms with van der Waals surface area (Å²) < 4.78 is 10.3. The number of nitrogens with zero attached hydrogens (tertiary/aromatic N) is 2. The molecule has 1 N–H and O–H groups in total. The summed E-state index contributed by atoms with van der Waals surface area (Å²) in [4.78, 5) is 44.2. The van der Waals surface area contributed by atoms with Gasteiger partial charge in [-0.1, -0.05) is 18.2 Å². The van der Waals surface area contributed by atoms with Crippen LogP contribution >= 0.6 is 0 Å². The van der Waals surface area contributed by atoms with E-state index in [1.165, 1.54) is 4.90 Å². The van der Waals surface area contributed by atoms with Crippen molar-refractivity contribution in [2.45, 2.75) is 26.4 Å². The van der Waals surface area contributed by atoms with E-state index >= 15 is 0 Å². The number of amides is 1. The first-order valence-electron chi connectivity index (χ1n) is 11.5. The third kappa shape index (κ3) is 4.70. The normalized spacial score (nSPS) is 16.8. The van der Waals surface area contributed by atoms with Crippen molar-refractivity contribution in [2.75, 3.05) is 13.7 Å². The molecule has 1 aliphatic heterocycles. The lowest BCUT2D eigenvalue weighted by molar-refractivity contribution is -0.140. The average Bonchev–Trinajstić information content (AvgIpc) is 3.14. The molecule has 0 spiro atoms. The quantitative estimate of drug-likeness (QED) is 0.231. The van der Waals surface area contributed by atoms with E-state index in [0.29, 0.717) is 33.7 Å². The van der Waals surface area contributed by atoms with Crippen molar-refractivity contribution in [2.24, 2.45) is 0 Å². The number of aliphatic hydroxyl groups excluding tert-OH is 1. The summed E-state index contributed by atoms with van der Waals surface area (Å²) in [6.45, 7) is 3.86. The third-order valence-electron chi connectivity index (χ3n) is 6.01. The standard InChI is InChI=1S/C28H26N2O6/c1-4-36-28(34)19-10-8-18(9-11-19)16-30-24(22-7-5-6-14-29-22)23(26(32)27(30)33)25(31)21-13-12-20(35-3)15-17(21)2/h5-15,24,31H,4,16H2,1-3H3/b25-23-. The predicted molar refractivity (Wildman–Crippen MR) is 132 cm³/mol. The van der Waals surface area contributed by atoms with Gasteiger partial charge in [0, 0.05) is 18.3 Å². The van der Waals surface area contributed by atoms with Crippen molar-refractivity contribution in [3.8, 4) is 5.75 Å². The second kappa shape index (κ2) is 10.4. The summed E-state index contributed by atoms with van der Waals surface area (Å²) >= 11 is 0. The molecule has 0 saturated carbocycles. The molecule has 0 aliphatic carbocycles. The number of likely N-dealkylation sites (tertiary alicyclic amines) is 1. The molecule has 3 aromatic rings. The minimum Gasteiger partial charge on any atom is -0.507 e. The van der Waals surface area contributed by atoms with E-state index in [0.717, 1.165) is 0 Å². The van der Waals surface area contributed by atoms with Gasteiger partial charge in [-0.15, -0.1) is 0 Å². The van der Waals surface area contributed by atoms with Gasteiger partial charge in [0.2, 0.25) is 0 Å². The van der Waals surface area contributed by atoms with Crippen LogP contribution in [-0.4, -0.2) is 46.4 Å². The Hall–Kier alpha value is -4.46. The number of esters is 1. The van der Waals surface area contributed by atoms with E-state index in [2.05, 4.69) is 4.98 Å². The van der Waals surface area contributed by atoms with Crippen molar-refractivity contribution in [1.29, 1.82) is 0 Å². The SMILES string of the molecule is CCOC(=O)c1ccc(CN2C(=O)C(=O)/C(=C(\O)c3ccc(OC)cc3C)C2c2ccccn2)cc1. The van der Waals surface area contributed by atoms with Crippen LogP contribution in [0.4, 0.5) is 0 Å². The van der Waals surface area contributed by atoms with E-state index in [9.17, 15) is 19.5 Å². The summed E-state index contributed by atoms with van der Waals surface area (Å²) in [5, 5.41) is 11.3. The van der Waals surface area contributed by atoms with E-state index in [-0.39, 0.29) is 24.5 Å². The average molecular weight is 487 g/mol. The molecule has 184 valence electrons. The number of aromatic nitrogens is 1. The maximum absolute atomic E-state index is 13.2. The molecule has 0 bridgehead atoms. The number of methoxy groups -OCH3 is 1. The van der Waals surface area contributed by atoms with Crippen molar-refractivity contribution in [1.82, 2.24) is 9.88 Å². The summed E-state index contributed by atoms with van der Waals surface area (Å²) in [6, 6.07) is 16.0. The number of aliphatic hydroxyl groups is 1. The van der Waals surface area contributed by atoms with Crippen LogP contribution in [0.1, 0.15) is 45.7 Å². The van der Waals surface area contributed by atoms with Gasteiger partial charge in [0.1, 0.15) is 17.6 Å². The summed E-state index contributed by atoms with van der Waals surface area (Å²) in [5.41, 5.74) is 2.62. The fourth-order valence-electron chi connectivity index (χ4n) is 4.22. The van der Waals surface area contributed by atoms with Gasteiger partial charge >= 0.3 is 5.97 Å². The van der Waals surface area contributed by atoms with Gasteiger partial charge < -0.3 is 19.5 Å². The zero-order valence-electron chi connectivity index (χ0n) is 20.2. The van der Waals surface area contributed by atoms with Crippen molar-refractivity contribution < 1.29 is 29.0 Å². The van der Waals surface area contributed by atoms with Gasteiger partial charge in [-0.05, 0) is 67.4 Å². The van der Waals surface area contributed by atoms with Crippen LogP contribution in [-0.2, 0) is 20.9 Å². The predicted octanol–water partition coefficient (Wildman–Crippen LogP) is 4.20. The van der Waals surface area contributed by atoms with Gasteiger partial charge in [0.15, 0.2) is 0 Å². The number of hydrogen-bond donors (Lipinski definition) is 1. The maximum atomic E-state index is 13.2. The highest BCUT2D eigenvalue weighted by molar-refractivity contribution is 6.46.